The number of nitrogens with zero attached hydrogens (tertiary/aromatic N) is 2. The van der Waals surface area contributed by atoms with Gasteiger partial charge in [-0.2, -0.15) is 0 Å². The summed E-state index contributed by atoms with van der Waals surface area (Å²) in [6.45, 7) is 3.48. The van der Waals surface area contributed by atoms with Gasteiger partial charge in [0.1, 0.15) is 5.75 Å². The fourth-order valence-corrected chi connectivity index (χ4v) is 4.87. The van der Waals surface area contributed by atoms with Crippen molar-refractivity contribution in [2.24, 2.45) is 0 Å². The summed E-state index contributed by atoms with van der Waals surface area (Å²) >= 11 is 1.19. The summed E-state index contributed by atoms with van der Waals surface area (Å²) in [6, 6.07) is 11.9. The van der Waals surface area contributed by atoms with Crippen LogP contribution in [0.5, 0.6) is 5.75 Å². The zero-order chi connectivity index (χ0) is 24.6. The SMILES string of the molecule is COC(=O)Cc1ccc(N2C(=O)C(O)=C(C(=O)c3sc(C)nc3C)C2c2cccc(O)c2)cc1. The molecule has 1 unspecified atom stereocenters. The minimum Gasteiger partial charge on any atom is -0.508 e. The van der Waals surface area contributed by atoms with Crippen LogP contribution in [0.1, 0.15) is 37.5 Å². The normalized spacial score (nSPS) is 15.7. The minimum absolute atomic E-state index is 0.0404. The Hall–Kier alpha value is -3.98. The number of aliphatic hydroxyl groups excluding tert-OH is 1. The smallest absolute Gasteiger partial charge is 0.309 e. The van der Waals surface area contributed by atoms with Gasteiger partial charge in [0, 0.05) is 5.69 Å². The van der Waals surface area contributed by atoms with Crippen molar-refractivity contribution >= 4 is 34.7 Å². The number of carbonyl (C=O) groups excluding carboxylic acids is 3. The molecule has 2 N–H and O–H groups in total. The predicted molar refractivity (Wildman–Crippen MR) is 126 cm³/mol. The lowest BCUT2D eigenvalue weighted by atomic mass is 9.94. The van der Waals surface area contributed by atoms with Crippen molar-refractivity contribution in [2.45, 2.75) is 26.3 Å². The van der Waals surface area contributed by atoms with Gasteiger partial charge in [-0.15, -0.1) is 11.3 Å². The van der Waals surface area contributed by atoms with Crippen molar-refractivity contribution in [2.75, 3.05) is 12.0 Å². The molecule has 1 atom stereocenters. The number of carbonyl (C=O) groups is 3. The number of rotatable bonds is 6. The van der Waals surface area contributed by atoms with Crippen molar-refractivity contribution < 1.29 is 29.3 Å². The lowest BCUT2D eigenvalue weighted by Crippen LogP contribution is -2.31. The number of methoxy groups -OCH3 is 1. The van der Waals surface area contributed by atoms with E-state index in [9.17, 15) is 24.6 Å². The molecule has 1 aliphatic rings. The average Bonchev–Trinajstić information content (AvgIpc) is 3.29. The lowest BCUT2D eigenvalue weighted by molar-refractivity contribution is -0.139. The maximum absolute atomic E-state index is 13.6. The minimum atomic E-state index is -0.972. The molecule has 2 aromatic carbocycles. The molecule has 34 heavy (non-hydrogen) atoms. The van der Waals surface area contributed by atoms with Crippen LogP contribution in [-0.2, 0) is 20.7 Å². The van der Waals surface area contributed by atoms with E-state index in [4.69, 9.17) is 0 Å². The van der Waals surface area contributed by atoms with Crippen LogP contribution in [0.2, 0.25) is 0 Å². The molecular weight excluding hydrogens is 456 g/mol. The van der Waals surface area contributed by atoms with E-state index in [2.05, 4.69) is 9.72 Å². The molecule has 4 rings (SSSR count). The largest absolute Gasteiger partial charge is 0.508 e. The number of aryl methyl sites for hydroxylation is 2. The first-order valence-electron chi connectivity index (χ1n) is 10.4. The Morgan fingerprint density at radius 3 is 2.41 bits per heavy atom. The molecular formula is C25H22N2O6S. The molecule has 1 amide bonds. The van der Waals surface area contributed by atoms with Crippen LogP contribution in [0.25, 0.3) is 0 Å². The number of hydrogen-bond donors (Lipinski definition) is 2. The van der Waals surface area contributed by atoms with Crippen molar-refractivity contribution in [3.05, 3.63) is 86.6 Å². The monoisotopic (exact) mass is 478 g/mol. The summed E-state index contributed by atoms with van der Waals surface area (Å²) in [7, 11) is 1.30. The lowest BCUT2D eigenvalue weighted by Gasteiger charge is -2.27. The van der Waals surface area contributed by atoms with E-state index in [1.54, 1.807) is 50.2 Å². The van der Waals surface area contributed by atoms with Gasteiger partial charge in [-0.1, -0.05) is 24.3 Å². The van der Waals surface area contributed by atoms with Crippen LogP contribution in [0, 0.1) is 13.8 Å². The highest BCUT2D eigenvalue weighted by Crippen LogP contribution is 2.43. The first kappa shape index (κ1) is 23.2. The standard InChI is InChI=1S/C25H22N2O6S/c1-13-24(34-14(2)26-13)22(30)20-21(16-5-4-6-18(28)12-16)27(25(32)23(20)31)17-9-7-15(8-10-17)11-19(29)33-3/h4-10,12,21,28,31H,11H2,1-3H3. The number of thiazole rings is 1. The maximum Gasteiger partial charge on any atom is 0.309 e. The Morgan fingerprint density at radius 2 is 1.82 bits per heavy atom. The maximum atomic E-state index is 13.6. The zero-order valence-electron chi connectivity index (χ0n) is 18.7. The van der Waals surface area contributed by atoms with Gasteiger partial charge in [0.2, 0.25) is 5.78 Å². The molecule has 1 aliphatic heterocycles. The number of phenolic OH excluding ortho intramolecular Hbond substituents is 1. The Balaban J connectivity index is 1.81. The van der Waals surface area contributed by atoms with E-state index in [0.717, 1.165) is 0 Å². The van der Waals surface area contributed by atoms with Crippen molar-refractivity contribution in [1.82, 2.24) is 4.98 Å². The number of hydrogen-bond acceptors (Lipinski definition) is 8. The molecule has 0 saturated heterocycles. The number of ether oxygens (including phenoxy) is 1. The molecule has 174 valence electrons. The number of aromatic hydroxyl groups is 1. The summed E-state index contributed by atoms with van der Waals surface area (Å²) in [6.07, 6.45) is 0.0674. The molecule has 0 spiro atoms. The molecule has 2 heterocycles. The number of esters is 1. The van der Waals surface area contributed by atoms with E-state index < -0.39 is 29.5 Å². The second kappa shape index (κ2) is 9.11. The second-order valence-corrected chi connectivity index (χ2v) is 9.03. The van der Waals surface area contributed by atoms with E-state index >= 15 is 0 Å². The predicted octanol–water partition coefficient (Wildman–Crippen LogP) is 3.96. The van der Waals surface area contributed by atoms with Gasteiger partial charge in [-0.05, 0) is 49.2 Å². The third kappa shape index (κ3) is 4.17. The molecule has 0 aliphatic carbocycles. The van der Waals surface area contributed by atoms with Gasteiger partial charge >= 0.3 is 5.97 Å². The number of amides is 1. The first-order valence-corrected chi connectivity index (χ1v) is 11.2. The van der Waals surface area contributed by atoms with Gasteiger partial charge in [-0.25, -0.2) is 4.98 Å². The topological polar surface area (TPSA) is 117 Å². The molecule has 0 saturated carbocycles. The third-order valence-corrected chi connectivity index (χ3v) is 6.61. The quantitative estimate of drug-likeness (QED) is 0.407. The Kier molecular flexibility index (Phi) is 6.21. The summed E-state index contributed by atoms with van der Waals surface area (Å²) in [5.74, 6) is -2.32. The van der Waals surface area contributed by atoms with Gasteiger partial charge < -0.3 is 14.9 Å². The van der Waals surface area contributed by atoms with Crippen molar-refractivity contribution in [3.8, 4) is 5.75 Å². The highest BCUT2D eigenvalue weighted by Gasteiger charge is 2.45. The fourth-order valence-electron chi connectivity index (χ4n) is 3.99. The molecule has 0 bridgehead atoms. The number of phenols is 1. The number of ketones is 1. The average molecular weight is 479 g/mol. The molecule has 8 nitrogen and oxygen atoms in total. The van der Waals surface area contributed by atoms with Gasteiger partial charge in [-0.3, -0.25) is 19.3 Å². The summed E-state index contributed by atoms with van der Waals surface area (Å²) in [5.41, 5.74) is 1.98. The van der Waals surface area contributed by atoms with E-state index in [1.807, 2.05) is 0 Å². The summed E-state index contributed by atoms with van der Waals surface area (Å²) in [5, 5.41) is 21.6. The number of aliphatic hydroxyl groups is 1. The zero-order valence-corrected chi connectivity index (χ0v) is 19.5. The second-order valence-electron chi connectivity index (χ2n) is 7.83. The van der Waals surface area contributed by atoms with E-state index in [-0.39, 0.29) is 17.7 Å². The number of Topliss-reactive ketones (excluding diaryl/α,β-unsaturated/α-hetero) is 1. The van der Waals surface area contributed by atoms with Crippen LogP contribution in [0.3, 0.4) is 0 Å². The molecule has 1 aromatic heterocycles. The van der Waals surface area contributed by atoms with Crippen LogP contribution in [-0.4, -0.2) is 40.0 Å². The van der Waals surface area contributed by atoms with E-state index in [1.165, 1.54) is 35.5 Å². The Bertz CT molecular complexity index is 1330. The van der Waals surface area contributed by atoms with Crippen LogP contribution in [0.15, 0.2) is 59.9 Å². The van der Waals surface area contributed by atoms with Gasteiger partial charge in [0.25, 0.3) is 5.91 Å². The number of anilines is 1. The highest BCUT2D eigenvalue weighted by atomic mass is 32.1. The highest BCUT2D eigenvalue weighted by molar-refractivity contribution is 7.14. The summed E-state index contributed by atoms with van der Waals surface area (Å²) in [4.78, 5) is 44.3. The van der Waals surface area contributed by atoms with E-state index in [0.29, 0.717) is 32.4 Å². The Labute approximate surface area is 199 Å². The third-order valence-electron chi connectivity index (χ3n) is 5.54. The number of aromatic nitrogens is 1. The van der Waals surface area contributed by atoms with Crippen LogP contribution >= 0.6 is 11.3 Å². The molecule has 9 heteroatoms. The first-order chi connectivity index (χ1) is 16.2. The van der Waals surface area contributed by atoms with Crippen molar-refractivity contribution in [3.63, 3.8) is 0 Å². The van der Waals surface area contributed by atoms with Crippen LogP contribution < -0.4 is 4.90 Å². The van der Waals surface area contributed by atoms with Gasteiger partial charge in [0.15, 0.2) is 5.76 Å². The number of benzene rings is 2. The fraction of sp³-hybridized carbons (Fsp3) is 0.200. The molecule has 0 fully saturated rings. The summed E-state index contributed by atoms with van der Waals surface area (Å²) < 4.78 is 4.69. The molecule has 0 radical (unpaired) electrons. The van der Waals surface area contributed by atoms with Crippen molar-refractivity contribution in [1.29, 1.82) is 0 Å². The van der Waals surface area contributed by atoms with Crippen LogP contribution in [0.4, 0.5) is 5.69 Å². The van der Waals surface area contributed by atoms with Gasteiger partial charge in [0.05, 0.1) is 40.7 Å². The Morgan fingerprint density at radius 1 is 1.12 bits per heavy atom. The molecule has 3 aromatic rings.